The number of carbonyl (C=O) groups is 1. The first-order valence-electron chi connectivity index (χ1n) is 6.43. The van der Waals surface area contributed by atoms with Crippen molar-refractivity contribution in [3.63, 3.8) is 0 Å². The number of rotatable bonds is 3. The van der Waals surface area contributed by atoms with Gasteiger partial charge in [0.25, 0.3) is 5.91 Å². The summed E-state index contributed by atoms with van der Waals surface area (Å²) in [5, 5.41) is 5.77. The molecule has 0 saturated heterocycles. The van der Waals surface area contributed by atoms with Gasteiger partial charge in [0.15, 0.2) is 0 Å². The Morgan fingerprint density at radius 3 is 2.95 bits per heavy atom. The summed E-state index contributed by atoms with van der Waals surface area (Å²) in [5.41, 5.74) is 2.48. The molecule has 2 heterocycles. The van der Waals surface area contributed by atoms with Gasteiger partial charge in [-0.2, -0.15) is 0 Å². The van der Waals surface area contributed by atoms with E-state index in [-0.39, 0.29) is 5.91 Å². The van der Waals surface area contributed by atoms with Gasteiger partial charge in [-0.05, 0) is 24.6 Å². The number of hydrogen-bond acceptors (Lipinski definition) is 5. The number of thiazole rings is 1. The molecule has 0 aliphatic heterocycles. The summed E-state index contributed by atoms with van der Waals surface area (Å²) in [4.78, 5) is 24.7. The first kappa shape index (κ1) is 14.6. The molecule has 1 aromatic carbocycles. The number of amides is 1. The molecule has 0 bridgehead atoms. The van der Waals surface area contributed by atoms with E-state index in [1.54, 1.807) is 42.2 Å². The fourth-order valence-corrected chi connectivity index (χ4v) is 2.77. The largest absolute Gasteiger partial charge is 0.320 e. The number of halogens is 1. The summed E-state index contributed by atoms with van der Waals surface area (Å²) < 4.78 is 0. The summed E-state index contributed by atoms with van der Waals surface area (Å²) in [6.07, 6.45) is 4.79. The fourth-order valence-electron chi connectivity index (χ4n) is 1.83. The van der Waals surface area contributed by atoms with E-state index in [9.17, 15) is 4.79 Å². The predicted octanol–water partition coefficient (Wildman–Crippen LogP) is 3.81. The highest BCUT2D eigenvalue weighted by Gasteiger charge is 2.14. The van der Waals surface area contributed by atoms with Crippen molar-refractivity contribution in [2.45, 2.75) is 6.92 Å². The van der Waals surface area contributed by atoms with Crippen LogP contribution in [-0.4, -0.2) is 20.9 Å². The minimum atomic E-state index is -0.281. The van der Waals surface area contributed by atoms with Gasteiger partial charge in [-0.1, -0.05) is 17.7 Å². The summed E-state index contributed by atoms with van der Waals surface area (Å²) >= 11 is 7.40. The predicted molar refractivity (Wildman–Crippen MR) is 87.3 cm³/mol. The van der Waals surface area contributed by atoms with E-state index in [1.807, 2.05) is 6.92 Å². The second kappa shape index (κ2) is 6.21. The van der Waals surface area contributed by atoms with Gasteiger partial charge in [0.05, 0.1) is 6.20 Å². The van der Waals surface area contributed by atoms with Crippen LogP contribution in [-0.2, 0) is 0 Å². The Hall–Kier alpha value is -2.31. The van der Waals surface area contributed by atoms with Crippen LogP contribution in [0.25, 0.3) is 10.7 Å². The van der Waals surface area contributed by atoms with E-state index in [4.69, 9.17) is 11.6 Å². The van der Waals surface area contributed by atoms with Crippen LogP contribution in [0.5, 0.6) is 0 Å². The van der Waals surface area contributed by atoms with E-state index in [0.717, 1.165) is 5.56 Å². The SMILES string of the molecule is Cc1c(Cl)cccc1NC(=O)c1csc(-c2cnccn2)n1. The first-order chi connectivity index (χ1) is 10.6. The monoisotopic (exact) mass is 330 g/mol. The van der Waals surface area contributed by atoms with Crippen molar-refractivity contribution >= 4 is 34.5 Å². The zero-order valence-corrected chi connectivity index (χ0v) is 13.1. The van der Waals surface area contributed by atoms with Gasteiger partial charge in [0, 0.05) is 28.5 Å². The summed E-state index contributed by atoms with van der Waals surface area (Å²) in [6.45, 7) is 1.85. The third kappa shape index (κ3) is 2.98. The van der Waals surface area contributed by atoms with Crippen LogP contribution in [0, 0.1) is 6.92 Å². The van der Waals surface area contributed by atoms with Crippen LogP contribution in [0.4, 0.5) is 5.69 Å². The lowest BCUT2D eigenvalue weighted by atomic mass is 10.2. The minimum Gasteiger partial charge on any atom is -0.320 e. The second-order valence-corrected chi connectivity index (χ2v) is 5.76. The molecule has 0 spiro atoms. The van der Waals surface area contributed by atoms with Gasteiger partial charge >= 0.3 is 0 Å². The lowest BCUT2D eigenvalue weighted by Gasteiger charge is -2.08. The first-order valence-corrected chi connectivity index (χ1v) is 7.69. The average molecular weight is 331 g/mol. The van der Waals surface area contributed by atoms with Crippen molar-refractivity contribution < 1.29 is 4.79 Å². The number of carbonyl (C=O) groups excluding carboxylic acids is 1. The maximum atomic E-state index is 12.3. The lowest BCUT2D eigenvalue weighted by molar-refractivity contribution is 0.102. The molecule has 3 aromatic rings. The molecule has 0 radical (unpaired) electrons. The Kier molecular flexibility index (Phi) is 4.13. The Morgan fingerprint density at radius 1 is 1.32 bits per heavy atom. The van der Waals surface area contributed by atoms with Crippen molar-refractivity contribution in [2.75, 3.05) is 5.32 Å². The van der Waals surface area contributed by atoms with Gasteiger partial charge in [-0.15, -0.1) is 11.3 Å². The number of benzene rings is 1. The molecule has 5 nitrogen and oxygen atoms in total. The smallest absolute Gasteiger partial charge is 0.275 e. The highest BCUT2D eigenvalue weighted by Crippen LogP contribution is 2.25. The molecule has 0 atom stereocenters. The zero-order chi connectivity index (χ0) is 15.5. The Bertz CT molecular complexity index is 819. The molecule has 0 aliphatic rings. The molecule has 0 unspecified atom stereocenters. The number of anilines is 1. The Labute approximate surface area is 136 Å². The summed E-state index contributed by atoms with van der Waals surface area (Å²) in [5.74, 6) is -0.281. The zero-order valence-electron chi connectivity index (χ0n) is 11.6. The average Bonchev–Trinajstić information content (AvgIpc) is 3.03. The molecule has 2 aromatic heterocycles. The number of aromatic nitrogens is 3. The van der Waals surface area contributed by atoms with Crippen molar-refractivity contribution in [1.29, 1.82) is 0 Å². The maximum absolute atomic E-state index is 12.3. The van der Waals surface area contributed by atoms with Crippen molar-refractivity contribution in [3.05, 3.63) is 58.4 Å². The van der Waals surface area contributed by atoms with E-state index in [1.165, 1.54) is 11.3 Å². The molecule has 3 rings (SSSR count). The molecular weight excluding hydrogens is 320 g/mol. The number of nitrogens with one attached hydrogen (secondary N) is 1. The fraction of sp³-hybridized carbons (Fsp3) is 0.0667. The molecule has 1 N–H and O–H groups in total. The van der Waals surface area contributed by atoms with Crippen LogP contribution in [0.3, 0.4) is 0 Å². The number of nitrogens with zero attached hydrogens (tertiary/aromatic N) is 3. The summed E-state index contributed by atoms with van der Waals surface area (Å²) in [7, 11) is 0. The quantitative estimate of drug-likeness (QED) is 0.792. The molecule has 1 amide bonds. The van der Waals surface area contributed by atoms with Crippen LogP contribution < -0.4 is 5.32 Å². The highest BCUT2D eigenvalue weighted by atomic mass is 35.5. The van der Waals surface area contributed by atoms with Crippen molar-refractivity contribution in [1.82, 2.24) is 15.0 Å². The number of hydrogen-bond donors (Lipinski definition) is 1. The van der Waals surface area contributed by atoms with E-state index in [0.29, 0.717) is 27.1 Å². The van der Waals surface area contributed by atoms with Gasteiger partial charge in [-0.25, -0.2) is 4.98 Å². The molecule has 0 fully saturated rings. The molecule has 0 saturated carbocycles. The Balaban J connectivity index is 1.82. The van der Waals surface area contributed by atoms with E-state index >= 15 is 0 Å². The normalized spacial score (nSPS) is 10.5. The molecule has 110 valence electrons. The van der Waals surface area contributed by atoms with Gasteiger partial charge < -0.3 is 5.32 Å². The van der Waals surface area contributed by atoms with Crippen LogP contribution >= 0.6 is 22.9 Å². The van der Waals surface area contributed by atoms with Crippen molar-refractivity contribution in [3.8, 4) is 10.7 Å². The molecule has 22 heavy (non-hydrogen) atoms. The molecular formula is C15H11ClN4OS. The maximum Gasteiger partial charge on any atom is 0.275 e. The van der Waals surface area contributed by atoms with Crippen molar-refractivity contribution in [2.24, 2.45) is 0 Å². The van der Waals surface area contributed by atoms with Gasteiger partial charge in [-0.3, -0.25) is 14.8 Å². The Morgan fingerprint density at radius 2 is 2.18 bits per heavy atom. The van der Waals surface area contributed by atoms with E-state index in [2.05, 4.69) is 20.3 Å². The van der Waals surface area contributed by atoms with Crippen LogP contribution in [0.15, 0.2) is 42.2 Å². The van der Waals surface area contributed by atoms with E-state index < -0.39 is 0 Å². The second-order valence-electron chi connectivity index (χ2n) is 4.50. The third-order valence-electron chi connectivity index (χ3n) is 3.04. The molecule has 7 heteroatoms. The molecule has 0 aliphatic carbocycles. The third-order valence-corrected chi connectivity index (χ3v) is 4.31. The van der Waals surface area contributed by atoms with Crippen LogP contribution in [0.1, 0.15) is 16.1 Å². The standard InChI is InChI=1S/C15H11ClN4OS/c1-9-10(16)3-2-4-11(9)19-14(21)13-8-22-15(20-13)12-7-17-5-6-18-12/h2-8H,1H3,(H,19,21). The minimum absolute atomic E-state index is 0.281. The highest BCUT2D eigenvalue weighted by molar-refractivity contribution is 7.13. The lowest BCUT2D eigenvalue weighted by Crippen LogP contribution is -2.13. The van der Waals surface area contributed by atoms with Gasteiger partial charge in [0.2, 0.25) is 0 Å². The van der Waals surface area contributed by atoms with Gasteiger partial charge in [0.1, 0.15) is 16.4 Å². The summed E-state index contributed by atoms with van der Waals surface area (Å²) in [6, 6.07) is 5.37. The topological polar surface area (TPSA) is 67.8 Å². The van der Waals surface area contributed by atoms with Crippen LogP contribution in [0.2, 0.25) is 5.02 Å².